The van der Waals surface area contributed by atoms with Crippen LogP contribution in [0.3, 0.4) is 0 Å². The Bertz CT molecular complexity index is 1010. The smallest absolute Gasteiger partial charge is 0.310 e. The number of para-hydroxylation sites is 2. The van der Waals surface area contributed by atoms with Crippen LogP contribution in [0.5, 0.6) is 0 Å². The van der Waals surface area contributed by atoms with Gasteiger partial charge in [-0.15, -0.1) is 0 Å². The van der Waals surface area contributed by atoms with Crippen molar-refractivity contribution in [1.29, 1.82) is 0 Å². The van der Waals surface area contributed by atoms with E-state index in [9.17, 15) is 14.0 Å². The molecule has 0 saturated heterocycles. The summed E-state index contributed by atoms with van der Waals surface area (Å²) in [6, 6.07) is 21.2. The third-order valence-corrected chi connectivity index (χ3v) is 5.46. The maximum atomic E-state index is 13.7. The molecule has 0 aliphatic carbocycles. The van der Waals surface area contributed by atoms with Gasteiger partial charge >= 0.3 is 5.97 Å². The molecule has 0 bridgehead atoms. The first-order valence-corrected chi connectivity index (χ1v) is 9.53. The van der Waals surface area contributed by atoms with Gasteiger partial charge in [0.15, 0.2) is 6.61 Å². The Morgan fingerprint density at radius 2 is 1.43 bits per heavy atom. The molecule has 1 aliphatic heterocycles. The first-order chi connectivity index (χ1) is 13.6. The van der Waals surface area contributed by atoms with Crippen LogP contribution in [0, 0.1) is 5.82 Å². The van der Waals surface area contributed by atoms with Crippen LogP contribution >= 0.6 is 11.8 Å². The van der Waals surface area contributed by atoms with Gasteiger partial charge in [0.05, 0.1) is 17.8 Å². The molecule has 0 atom stereocenters. The molecule has 0 saturated carbocycles. The first-order valence-electron chi connectivity index (χ1n) is 8.71. The summed E-state index contributed by atoms with van der Waals surface area (Å²) in [7, 11) is 0. The van der Waals surface area contributed by atoms with E-state index in [-0.39, 0.29) is 17.9 Å². The number of ether oxygens (including phenoxy) is 1. The van der Waals surface area contributed by atoms with E-state index in [1.54, 1.807) is 28.8 Å². The summed E-state index contributed by atoms with van der Waals surface area (Å²) in [5.41, 5.74) is 1.74. The predicted octanol–water partition coefficient (Wildman–Crippen LogP) is 4.74. The summed E-state index contributed by atoms with van der Waals surface area (Å²) in [6.45, 7) is -0.416. The van der Waals surface area contributed by atoms with Crippen LogP contribution in [-0.4, -0.2) is 18.5 Å². The average molecular weight is 393 g/mol. The molecule has 6 heteroatoms. The van der Waals surface area contributed by atoms with E-state index in [2.05, 4.69) is 0 Å². The van der Waals surface area contributed by atoms with E-state index in [1.807, 2.05) is 48.5 Å². The van der Waals surface area contributed by atoms with Gasteiger partial charge < -0.3 is 4.74 Å². The fourth-order valence-corrected chi connectivity index (χ4v) is 4.09. The number of benzene rings is 3. The van der Waals surface area contributed by atoms with Gasteiger partial charge in [-0.05, 0) is 35.9 Å². The Labute approximate surface area is 165 Å². The van der Waals surface area contributed by atoms with E-state index < -0.39 is 18.4 Å². The van der Waals surface area contributed by atoms with Gasteiger partial charge in [-0.25, -0.2) is 4.39 Å². The highest BCUT2D eigenvalue weighted by Crippen LogP contribution is 2.47. The number of amides is 1. The number of esters is 1. The minimum absolute atomic E-state index is 0.219. The molecular weight excluding hydrogens is 377 g/mol. The van der Waals surface area contributed by atoms with Crippen LogP contribution in [-0.2, 0) is 20.7 Å². The number of hydrogen-bond donors (Lipinski definition) is 0. The van der Waals surface area contributed by atoms with Crippen LogP contribution in [0.1, 0.15) is 5.56 Å². The van der Waals surface area contributed by atoms with Gasteiger partial charge in [0, 0.05) is 9.79 Å². The van der Waals surface area contributed by atoms with E-state index in [1.165, 1.54) is 12.1 Å². The summed E-state index contributed by atoms with van der Waals surface area (Å²) in [4.78, 5) is 28.5. The molecule has 0 N–H and O–H groups in total. The molecule has 4 nitrogen and oxygen atoms in total. The maximum Gasteiger partial charge on any atom is 0.310 e. The predicted molar refractivity (Wildman–Crippen MR) is 105 cm³/mol. The van der Waals surface area contributed by atoms with Crippen LogP contribution in [0.2, 0.25) is 0 Å². The lowest BCUT2D eigenvalue weighted by Crippen LogP contribution is -2.32. The van der Waals surface area contributed by atoms with Crippen molar-refractivity contribution in [3.05, 3.63) is 84.2 Å². The Balaban J connectivity index is 1.51. The molecule has 140 valence electrons. The number of carbonyl (C=O) groups excluding carboxylic acids is 2. The second-order valence-corrected chi connectivity index (χ2v) is 7.28. The molecule has 1 amide bonds. The third-order valence-electron chi connectivity index (χ3n) is 4.33. The van der Waals surface area contributed by atoms with Crippen LogP contribution in [0.4, 0.5) is 15.8 Å². The molecule has 28 heavy (non-hydrogen) atoms. The topological polar surface area (TPSA) is 46.6 Å². The standard InChI is InChI=1S/C22H16FNO3S/c23-16-8-2-1-7-15(16)13-22(26)27-14-21(25)24-17-9-3-5-11-19(17)28-20-12-6-4-10-18(20)24/h1-12H,13-14H2. The lowest BCUT2D eigenvalue weighted by Gasteiger charge is -2.30. The second-order valence-electron chi connectivity index (χ2n) is 6.20. The third kappa shape index (κ3) is 3.64. The lowest BCUT2D eigenvalue weighted by molar-refractivity contribution is -0.147. The Morgan fingerprint density at radius 1 is 0.857 bits per heavy atom. The van der Waals surface area contributed by atoms with Crippen molar-refractivity contribution in [1.82, 2.24) is 0 Å². The molecule has 3 aromatic rings. The summed E-state index contributed by atoms with van der Waals surface area (Å²) < 4.78 is 18.8. The number of hydrogen-bond acceptors (Lipinski definition) is 4. The first kappa shape index (κ1) is 18.3. The van der Waals surface area contributed by atoms with Crippen LogP contribution < -0.4 is 4.90 Å². The Hall–Kier alpha value is -3.12. The average Bonchev–Trinajstić information content (AvgIpc) is 2.72. The number of anilines is 2. The van der Waals surface area contributed by atoms with E-state index >= 15 is 0 Å². The van der Waals surface area contributed by atoms with E-state index in [4.69, 9.17) is 4.74 Å². The fraction of sp³-hybridized carbons (Fsp3) is 0.0909. The SMILES string of the molecule is O=C(Cc1ccccc1F)OCC(=O)N1c2ccccc2Sc2ccccc21. The van der Waals surface area contributed by atoms with Crippen molar-refractivity contribution in [2.75, 3.05) is 11.5 Å². The lowest BCUT2D eigenvalue weighted by atomic mass is 10.1. The normalized spacial score (nSPS) is 12.1. The number of carbonyl (C=O) groups is 2. The number of fused-ring (bicyclic) bond motifs is 2. The summed E-state index contributed by atoms with van der Waals surface area (Å²) in [6.07, 6.45) is -0.219. The maximum absolute atomic E-state index is 13.7. The molecule has 0 fully saturated rings. The minimum Gasteiger partial charge on any atom is -0.455 e. The van der Waals surface area contributed by atoms with E-state index in [0.29, 0.717) is 0 Å². The van der Waals surface area contributed by atoms with Gasteiger partial charge in [0.2, 0.25) is 0 Å². The molecule has 0 aromatic heterocycles. The van der Waals surface area contributed by atoms with Crippen LogP contribution in [0.25, 0.3) is 0 Å². The summed E-state index contributed by atoms with van der Waals surface area (Å²) >= 11 is 1.59. The van der Waals surface area contributed by atoms with Crippen molar-refractivity contribution >= 4 is 35.0 Å². The highest BCUT2D eigenvalue weighted by molar-refractivity contribution is 7.99. The van der Waals surface area contributed by atoms with Crippen molar-refractivity contribution in [2.24, 2.45) is 0 Å². The highest BCUT2D eigenvalue weighted by Gasteiger charge is 2.28. The second kappa shape index (κ2) is 7.86. The van der Waals surface area contributed by atoms with Crippen molar-refractivity contribution in [3.63, 3.8) is 0 Å². The van der Waals surface area contributed by atoms with E-state index in [0.717, 1.165) is 21.2 Å². The molecule has 0 spiro atoms. The number of rotatable bonds is 4. The highest BCUT2D eigenvalue weighted by atomic mass is 32.2. The van der Waals surface area contributed by atoms with Gasteiger partial charge in [0.25, 0.3) is 5.91 Å². The quantitative estimate of drug-likeness (QED) is 0.601. The van der Waals surface area contributed by atoms with Gasteiger partial charge in [0.1, 0.15) is 5.82 Å². The van der Waals surface area contributed by atoms with Gasteiger partial charge in [-0.1, -0.05) is 54.2 Å². The molecule has 4 rings (SSSR count). The minimum atomic E-state index is -0.647. The zero-order chi connectivity index (χ0) is 19.5. The number of nitrogens with zero attached hydrogens (tertiary/aromatic N) is 1. The van der Waals surface area contributed by atoms with Crippen LogP contribution in [0.15, 0.2) is 82.6 Å². The zero-order valence-corrected chi connectivity index (χ0v) is 15.6. The van der Waals surface area contributed by atoms with Crippen molar-refractivity contribution in [3.8, 4) is 0 Å². The van der Waals surface area contributed by atoms with Crippen molar-refractivity contribution < 1.29 is 18.7 Å². The summed E-state index contributed by atoms with van der Waals surface area (Å²) in [5, 5.41) is 0. The fourth-order valence-electron chi connectivity index (χ4n) is 3.03. The zero-order valence-electron chi connectivity index (χ0n) is 14.8. The molecule has 1 aliphatic rings. The molecule has 3 aromatic carbocycles. The molecule has 1 heterocycles. The molecular formula is C22H16FNO3S. The van der Waals surface area contributed by atoms with Gasteiger partial charge in [-0.2, -0.15) is 0 Å². The van der Waals surface area contributed by atoms with Crippen molar-refractivity contribution in [2.45, 2.75) is 16.2 Å². The largest absolute Gasteiger partial charge is 0.455 e. The van der Waals surface area contributed by atoms with Gasteiger partial charge in [-0.3, -0.25) is 14.5 Å². The summed E-state index contributed by atoms with van der Waals surface area (Å²) in [5.74, 6) is -1.48. The monoisotopic (exact) mass is 393 g/mol. The Kier molecular flexibility index (Phi) is 5.12. The molecule has 0 radical (unpaired) electrons. The Morgan fingerprint density at radius 3 is 2.07 bits per heavy atom. The number of halogens is 1. The molecule has 0 unspecified atom stereocenters.